The maximum Gasteiger partial charge on any atom is 0.0951 e. The highest BCUT2D eigenvalue weighted by atomic mass is 16.6. The van der Waals surface area contributed by atoms with Gasteiger partial charge in [-0.2, -0.15) is 0 Å². The number of ether oxygens (including phenoxy) is 1. The zero-order chi connectivity index (χ0) is 7.19. The fourth-order valence-electron chi connectivity index (χ4n) is 2.26. The molecule has 57 valence electrons. The minimum absolute atomic E-state index is 0.248. The first-order valence-corrected chi connectivity index (χ1v) is 4.25. The van der Waals surface area contributed by atoms with E-state index in [1.165, 1.54) is 19.3 Å². The molecule has 1 heteroatoms. The first-order valence-electron chi connectivity index (χ1n) is 4.25. The second-order valence-electron chi connectivity index (χ2n) is 3.72. The predicted octanol–water partition coefficient (Wildman–Crippen LogP) is 2.17. The molecule has 3 atom stereocenters. The largest absolute Gasteiger partial charge is 0.366 e. The van der Waals surface area contributed by atoms with Gasteiger partial charge < -0.3 is 4.74 Å². The van der Waals surface area contributed by atoms with Gasteiger partial charge in [-0.15, -0.1) is 0 Å². The Balaban J connectivity index is 2.05. The lowest BCUT2D eigenvalue weighted by atomic mass is 9.81. The first-order chi connectivity index (χ1) is 4.78. The predicted molar refractivity (Wildman–Crippen MR) is 40.6 cm³/mol. The van der Waals surface area contributed by atoms with Gasteiger partial charge in [0.05, 0.1) is 11.7 Å². The summed E-state index contributed by atoms with van der Waals surface area (Å²) in [6.45, 7) is 6.23. The van der Waals surface area contributed by atoms with Crippen LogP contribution in [0.1, 0.15) is 32.6 Å². The molecular formula is C9H15O. The maximum absolute atomic E-state index is 5.66. The van der Waals surface area contributed by atoms with Crippen LogP contribution in [0.5, 0.6) is 0 Å². The number of rotatable bonds is 1. The molecule has 0 aromatic carbocycles. The average molecular weight is 139 g/mol. The molecule has 1 saturated carbocycles. The molecule has 1 saturated heterocycles. The lowest BCUT2D eigenvalue weighted by Crippen LogP contribution is -2.23. The third-order valence-electron chi connectivity index (χ3n) is 3.02. The van der Waals surface area contributed by atoms with Crippen LogP contribution in [0.25, 0.3) is 0 Å². The van der Waals surface area contributed by atoms with Gasteiger partial charge in [0, 0.05) is 0 Å². The minimum atomic E-state index is 0.248. The summed E-state index contributed by atoms with van der Waals surface area (Å²) in [4.78, 5) is 0. The topological polar surface area (TPSA) is 12.5 Å². The van der Waals surface area contributed by atoms with E-state index in [2.05, 4.69) is 13.8 Å². The molecule has 1 aliphatic carbocycles. The van der Waals surface area contributed by atoms with Crippen LogP contribution in [0, 0.1) is 12.8 Å². The fourth-order valence-corrected chi connectivity index (χ4v) is 2.26. The number of hydrogen-bond acceptors (Lipinski definition) is 1. The highest BCUT2D eigenvalue weighted by Crippen LogP contribution is 2.52. The van der Waals surface area contributed by atoms with Gasteiger partial charge in [0.1, 0.15) is 0 Å². The minimum Gasteiger partial charge on any atom is -0.366 e. The van der Waals surface area contributed by atoms with Crippen LogP contribution in [0.4, 0.5) is 0 Å². The van der Waals surface area contributed by atoms with Gasteiger partial charge in [-0.25, -0.2) is 0 Å². The van der Waals surface area contributed by atoms with E-state index in [-0.39, 0.29) is 5.60 Å². The van der Waals surface area contributed by atoms with E-state index in [0.717, 1.165) is 12.3 Å². The van der Waals surface area contributed by atoms with Gasteiger partial charge in [0.2, 0.25) is 0 Å². The van der Waals surface area contributed by atoms with Crippen LogP contribution in [0.2, 0.25) is 0 Å². The second-order valence-corrected chi connectivity index (χ2v) is 3.72. The molecule has 0 aromatic rings. The van der Waals surface area contributed by atoms with Gasteiger partial charge >= 0.3 is 0 Å². The Kier molecular flexibility index (Phi) is 1.31. The molecule has 2 rings (SSSR count). The van der Waals surface area contributed by atoms with E-state index < -0.39 is 0 Å². The quantitative estimate of drug-likeness (QED) is 0.507. The fraction of sp³-hybridized carbons (Fsp3) is 0.889. The van der Waals surface area contributed by atoms with Gasteiger partial charge in [0.15, 0.2) is 0 Å². The molecular weight excluding hydrogens is 124 g/mol. The highest BCUT2D eigenvalue weighted by molar-refractivity contribution is 5.07. The molecule has 3 unspecified atom stereocenters. The molecule has 1 heterocycles. The summed E-state index contributed by atoms with van der Waals surface area (Å²) in [6.07, 6.45) is 5.49. The molecule has 1 aliphatic heterocycles. The number of epoxide rings is 1. The summed E-state index contributed by atoms with van der Waals surface area (Å²) in [5.41, 5.74) is 0.248. The molecule has 0 spiro atoms. The number of hydrogen-bond donors (Lipinski definition) is 0. The van der Waals surface area contributed by atoms with E-state index in [1.54, 1.807) is 0 Å². The van der Waals surface area contributed by atoms with Crippen molar-refractivity contribution in [1.82, 2.24) is 0 Å². The van der Waals surface area contributed by atoms with Gasteiger partial charge in [-0.3, -0.25) is 0 Å². The Bertz CT molecular complexity index is 144. The SMILES string of the molecule is [CH2]CC12CCCC(C)C1O2. The van der Waals surface area contributed by atoms with E-state index in [9.17, 15) is 0 Å². The summed E-state index contributed by atoms with van der Waals surface area (Å²) in [6, 6.07) is 0. The highest BCUT2D eigenvalue weighted by Gasteiger charge is 2.58. The van der Waals surface area contributed by atoms with E-state index in [1.807, 2.05) is 0 Å². The summed E-state index contributed by atoms with van der Waals surface area (Å²) >= 11 is 0. The molecule has 0 amide bonds. The normalized spacial score (nSPS) is 52.2. The third kappa shape index (κ3) is 0.731. The molecule has 2 aliphatic rings. The average Bonchev–Trinajstić information content (AvgIpc) is 2.65. The zero-order valence-corrected chi connectivity index (χ0v) is 6.60. The maximum atomic E-state index is 5.66. The zero-order valence-electron chi connectivity index (χ0n) is 6.60. The Morgan fingerprint density at radius 1 is 1.70 bits per heavy atom. The second kappa shape index (κ2) is 1.97. The van der Waals surface area contributed by atoms with Crippen molar-refractivity contribution < 1.29 is 4.74 Å². The van der Waals surface area contributed by atoms with E-state index in [0.29, 0.717) is 6.10 Å². The van der Waals surface area contributed by atoms with Crippen LogP contribution in [0.15, 0.2) is 0 Å². The molecule has 0 N–H and O–H groups in total. The summed E-state index contributed by atoms with van der Waals surface area (Å²) in [5, 5.41) is 0. The van der Waals surface area contributed by atoms with Crippen molar-refractivity contribution in [1.29, 1.82) is 0 Å². The van der Waals surface area contributed by atoms with Crippen LogP contribution in [-0.4, -0.2) is 11.7 Å². The van der Waals surface area contributed by atoms with Crippen LogP contribution >= 0.6 is 0 Å². The Hall–Kier alpha value is -0.0400. The lowest BCUT2D eigenvalue weighted by molar-refractivity contribution is 0.285. The van der Waals surface area contributed by atoms with Crippen LogP contribution in [0.3, 0.4) is 0 Å². The summed E-state index contributed by atoms with van der Waals surface area (Å²) in [7, 11) is 0. The van der Waals surface area contributed by atoms with Crippen molar-refractivity contribution in [2.45, 2.75) is 44.3 Å². The molecule has 0 aromatic heterocycles. The summed E-state index contributed by atoms with van der Waals surface area (Å²) < 4.78 is 5.66. The van der Waals surface area contributed by atoms with Crippen molar-refractivity contribution in [2.24, 2.45) is 5.92 Å². The molecule has 10 heavy (non-hydrogen) atoms. The molecule has 2 fully saturated rings. The Labute approximate surface area is 62.8 Å². The molecule has 1 nitrogen and oxygen atoms in total. The Morgan fingerprint density at radius 3 is 3.10 bits per heavy atom. The van der Waals surface area contributed by atoms with Crippen molar-refractivity contribution in [3.63, 3.8) is 0 Å². The summed E-state index contributed by atoms with van der Waals surface area (Å²) in [5.74, 6) is 0.787. The first kappa shape index (κ1) is 6.66. The smallest absolute Gasteiger partial charge is 0.0951 e. The van der Waals surface area contributed by atoms with Crippen LogP contribution in [-0.2, 0) is 4.74 Å². The van der Waals surface area contributed by atoms with Crippen molar-refractivity contribution in [2.75, 3.05) is 0 Å². The van der Waals surface area contributed by atoms with Crippen molar-refractivity contribution >= 4 is 0 Å². The van der Waals surface area contributed by atoms with E-state index in [4.69, 9.17) is 4.74 Å². The monoisotopic (exact) mass is 139 g/mol. The third-order valence-corrected chi connectivity index (χ3v) is 3.02. The van der Waals surface area contributed by atoms with Gasteiger partial charge in [0.25, 0.3) is 0 Å². The van der Waals surface area contributed by atoms with E-state index >= 15 is 0 Å². The lowest BCUT2D eigenvalue weighted by Gasteiger charge is -2.19. The van der Waals surface area contributed by atoms with Crippen molar-refractivity contribution in [3.05, 3.63) is 6.92 Å². The van der Waals surface area contributed by atoms with Crippen LogP contribution < -0.4 is 0 Å². The number of fused-ring (bicyclic) bond motifs is 1. The standard InChI is InChI=1S/C9H15O/c1-3-9-6-4-5-7(2)8(9)10-9/h7-8H,1,3-6H2,2H3. The Morgan fingerprint density at radius 2 is 2.50 bits per heavy atom. The van der Waals surface area contributed by atoms with Gasteiger partial charge in [-0.05, 0) is 25.2 Å². The van der Waals surface area contributed by atoms with Gasteiger partial charge in [-0.1, -0.05) is 20.3 Å². The van der Waals surface area contributed by atoms with Crippen molar-refractivity contribution in [3.8, 4) is 0 Å². The molecule has 0 bridgehead atoms. The molecule has 1 radical (unpaired) electrons.